The van der Waals surface area contributed by atoms with Crippen LogP contribution in [0.1, 0.15) is 58.8 Å². The highest BCUT2D eigenvalue weighted by atomic mass is 16.4. The van der Waals surface area contributed by atoms with Crippen LogP contribution >= 0.6 is 0 Å². The number of nitrogens with one attached hydrogen (secondary N) is 2. The van der Waals surface area contributed by atoms with Gasteiger partial charge in [0.25, 0.3) is 0 Å². The normalized spacial score (nSPS) is 19.9. The number of amides is 2. The number of aliphatic carboxylic acids is 1. The second-order valence-electron chi connectivity index (χ2n) is 5.55. The van der Waals surface area contributed by atoms with Crippen molar-refractivity contribution < 1.29 is 14.7 Å². The lowest BCUT2D eigenvalue weighted by Crippen LogP contribution is -2.52. The number of hydrogen-bond acceptors (Lipinski definition) is 2. The predicted molar refractivity (Wildman–Crippen MR) is 69.5 cm³/mol. The predicted octanol–water partition coefficient (Wildman–Crippen LogP) is 2.26. The molecule has 1 fully saturated rings. The monoisotopic (exact) mass is 256 g/mol. The van der Waals surface area contributed by atoms with Gasteiger partial charge in [-0.1, -0.05) is 19.3 Å². The van der Waals surface area contributed by atoms with E-state index in [1.54, 1.807) is 0 Å². The lowest BCUT2D eigenvalue weighted by molar-refractivity contribution is -0.137. The van der Waals surface area contributed by atoms with Crippen LogP contribution in [0.3, 0.4) is 0 Å². The minimum atomic E-state index is -0.830. The molecular formula is C13H24N2O3. The van der Waals surface area contributed by atoms with Crippen LogP contribution in [0.15, 0.2) is 0 Å². The SMILES string of the molecule is CC(CCC(=O)O)NC(=O)NC1(C)CCCCC1. The van der Waals surface area contributed by atoms with Gasteiger partial charge in [0, 0.05) is 18.0 Å². The molecule has 0 aliphatic heterocycles. The molecule has 0 aromatic carbocycles. The third-order valence-corrected chi connectivity index (χ3v) is 3.54. The van der Waals surface area contributed by atoms with Crippen LogP contribution < -0.4 is 10.6 Å². The van der Waals surface area contributed by atoms with Crippen molar-refractivity contribution in [1.29, 1.82) is 0 Å². The fraction of sp³-hybridized carbons (Fsp3) is 0.846. The lowest BCUT2D eigenvalue weighted by Gasteiger charge is -2.34. The van der Waals surface area contributed by atoms with Gasteiger partial charge in [-0.2, -0.15) is 0 Å². The Balaban J connectivity index is 2.29. The standard InChI is InChI=1S/C13H24N2O3/c1-10(6-7-11(16)17)14-12(18)15-13(2)8-4-3-5-9-13/h10H,3-9H2,1-2H3,(H,16,17)(H2,14,15,18). The van der Waals surface area contributed by atoms with Gasteiger partial charge in [0.1, 0.15) is 0 Å². The number of carboxylic acid groups (broad SMARTS) is 1. The van der Waals surface area contributed by atoms with Gasteiger partial charge < -0.3 is 15.7 Å². The Morgan fingerprint density at radius 1 is 1.28 bits per heavy atom. The summed E-state index contributed by atoms with van der Waals surface area (Å²) in [5.41, 5.74) is -0.102. The quantitative estimate of drug-likeness (QED) is 0.706. The smallest absolute Gasteiger partial charge is 0.315 e. The zero-order chi connectivity index (χ0) is 13.6. The maximum Gasteiger partial charge on any atom is 0.315 e. The van der Waals surface area contributed by atoms with Gasteiger partial charge in [0.2, 0.25) is 0 Å². The molecule has 1 atom stereocenters. The Labute approximate surface area is 108 Å². The number of carbonyl (C=O) groups is 2. The van der Waals surface area contributed by atoms with E-state index >= 15 is 0 Å². The van der Waals surface area contributed by atoms with Crippen LogP contribution in [0.25, 0.3) is 0 Å². The number of urea groups is 1. The third kappa shape index (κ3) is 5.38. The van der Waals surface area contributed by atoms with Gasteiger partial charge in [-0.05, 0) is 33.1 Å². The first-order valence-electron chi connectivity index (χ1n) is 6.72. The topological polar surface area (TPSA) is 78.4 Å². The zero-order valence-electron chi connectivity index (χ0n) is 11.3. The fourth-order valence-electron chi connectivity index (χ4n) is 2.40. The maximum absolute atomic E-state index is 11.8. The van der Waals surface area contributed by atoms with Crippen LogP contribution in [0.5, 0.6) is 0 Å². The summed E-state index contributed by atoms with van der Waals surface area (Å²) >= 11 is 0. The van der Waals surface area contributed by atoms with Crippen molar-refractivity contribution >= 4 is 12.0 Å². The van der Waals surface area contributed by atoms with E-state index in [2.05, 4.69) is 17.6 Å². The average molecular weight is 256 g/mol. The Hall–Kier alpha value is -1.26. The molecular weight excluding hydrogens is 232 g/mol. The molecule has 0 radical (unpaired) electrons. The molecule has 1 aliphatic rings. The van der Waals surface area contributed by atoms with E-state index in [1.807, 2.05) is 6.92 Å². The van der Waals surface area contributed by atoms with E-state index in [4.69, 9.17) is 5.11 Å². The van der Waals surface area contributed by atoms with Gasteiger partial charge >= 0.3 is 12.0 Å². The summed E-state index contributed by atoms with van der Waals surface area (Å²) in [6, 6.07) is -0.300. The molecule has 1 aliphatic carbocycles. The Bertz CT molecular complexity index is 299. The summed E-state index contributed by atoms with van der Waals surface area (Å²) < 4.78 is 0. The van der Waals surface area contributed by atoms with E-state index in [-0.39, 0.29) is 24.0 Å². The van der Waals surface area contributed by atoms with Crippen molar-refractivity contribution in [3.05, 3.63) is 0 Å². The molecule has 0 bridgehead atoms. The first-order chi connectivity index (χ1) is 8.41. The fourth-order valence-corrected chi connectivity index (χ4v) is 2.40. The second-order valence-corrected chi connectivity index (χ2v) is 5.55. The van der Waals surface area contributed by atoms with Crippen LogP contribution in [0.4, 0.5) is 4.79 Å². The van der Waals surface area contributed by atoms with Gasteiger partial charge in [0.05, 0.1) is 0 Å². The second kappa shape index (κ2) is 6.61. The van der Waals surface area contributed by atoms with Crippen molar-refractivity contribution in [2.45, 2.75) is 70.4 Å². The van der Waals surface area contributed by atoms with E-state index in [1.165, 1.54) is 6.42 Å². The van der Waals surface area contributed by atoms with Gasteiger partial charge in [-0.25, -0.2) is 4.79 Å². The molecule has 18 heavy (non-hydrogen) atoms. The molecule has 1 saturated carbocycles. The highest BCUT2D eigenvalue weighted by Crippen LogP contribution is 2.27. The van der Waals surface area contributed by atoms with E-state index in [0.717, 1.165) is 25.7 Å². The van der Waals surface area contributed by atoms with Gasteiger partial charge in [0.15, 0.2) is 0 Å². The molecule has 3 N–H and O–H groups in total. The van der Waals surface area contributed by atoms with Crippen molar-refractivity contribution in [2.24, 2.45) is 0 Å². The molecule has 1 unspecified atom stereocenters. The highest BCUT2D eigenvalue weighted by Gasteiger charge is 2.28. The Morgan fingerprint density at radius 3 is 2.44 bits per heavy atom. The molecule has 0 saturated heterocycles. The Morgan fingerprint density at radius 2 is 1.89 bits per heavy atom. The molecule has 0 aromatic heterocycles. The summed E-state index contributed by atoms with van der Waals surface area (Å²) in [5, 5.41) is 14.4. The molecule has 0 aromatic rings. The summed E-state index contributed by atoms with van der Waals surface area (Å²) in [5.74, 6) is -0.830. The first kappa shape index (κ1) is 14.8. The molecule has 5 nitrogen and oxygen atoms in total. The number of rotatable bonds is 5. The highest BCUT2D eigenvalue weighted by molar-refractivity contribution is 5.75. The van der Waals surface area contributed by atoms with Gasteiger partial charge in [-0.15, -0.1) is 0 Å². The van der Waals surface area contributed by atoms with E-state index in [0.29, 0.717) is 6.42 Å². The van der Waals surface area contributed by atoms with E-state index < -0.39 is 5.97 Å². The number of carboxylic acids is 1. The lowest BCUT2D eigenvalue weighted by atomic mass is 9.83. The summed E-state index contributed by atoms with van der Waals surface area (Å²) in [6.45, 7) is 3.90. The molecule has 5 heteroatoms. The van der Waals surface area contributed by atoms with Crippen LogP contribution in [0, 0.1) is 0 Å². The van der Waals surface area contributed by atoms with Crippen LogP contribution in [-0.2, 0) is 4.79 Å². The number of hydrogen-bond donors (Lipinski definition) is 3. The van der Waals surface area contributed by atoms with Crippen molar-refractivity contribution in [3.63, 3.8) is 0 Å². The summed E-state index contributed by atoms with van der Waals surface area (Å²) in [4.78, 5) is 22.2. The molecule has 0 heterocycles. The van der Waals surface area contributed by atoms with Crippen molar-refractivity contribution in [3.8, 4) is 0 Å². The first-order valence-corrected chi connectivity index (χ1v) is 6.72. The zero-order valence-corrected chi connectivity index (χ0v) is 11.3. The van der Waals surface area contributed by atoms with E-state index in [9.17, 15) is 9.59 Å². The van der Waals surface area contributed by atoms with Crippen molar-refractivity contribution in [2.75, 3.05) is 0 Å². The maximum atomic E-state index is 11.8. The molecule has 104 valence electrons. The van der Waals surface area contributed by atoms with Crippen LogP contribution in [0.2, 0.25) is 0 Å². The summed E-state index contributed by atoms with van der Waals surface area (Å²) in [6.07, 6.45) is 6.14. The molecule has 0 spiro atoms. The molecule has 1 rings (SSSR count). The molecule has 2 amide bonds. The van der Waals surface area contributed by atoms with Crippen molar-refractivity contribution in [1.82, 2.24) is 10.6 Å². The average Bonchev–Trinajstić information content (AvgIpc) is 2.26. The minimum absolute atomic E-state index is 0.0821. The third-order valence-electron chi connectivity index (χ3n) is 3.54. The minimum Gasteiger partial charge on any atom is -0.481 e. The Kier molecular flexibility index (Phi) is 5.44. The van der Waals surface area contributed by atoms with Crippen LogP contribution in [-0.4, -0.2) is 28.7 Å². The van der Waals surface area contributed by atoms with Gasteiger partial charge in [-0.3, -0.25) is 4.79 Å². The number of carbonyl (C=O) groups excluding carboxylic acids is 1. The largest absolute Gasteiger partial charge is 0.481 e. The summed E-state index contributed by atoms with van der Waals surface area (Å²) in [7, 11) is 0.